The number of nitrogens with one attached hydrogen (secondary N) is 2. The minimum Gasteiger partial charge on any atom is -0.497 e. The maximum atomic E-state index is 12.9. The molecule has 0 radical (unpaired) electrons. The Morgan fingerprint density at radius 2 is 1.54 bits per heavy atom. The van der Waals surface area contributed by atoms with Crippen LogP contribution in [-0.2, 0) is 5.41 Å². The number of anilines is 2. The minimum absolute atomic E-state index is 0.213. The first-order valence-corrected chi connectivity index (χ1v) is 12.3. The van der Waals surface area contributed by atoms with Crippen LogP contribution in [0.2, 0.25) is 0 Å². The van der Waals surface area contributed by atoms with Crippen molar-refractivity contribution in [3.8, 4) is 22.9 Å². The summed E-state index contributed by atoms with van der Waals surface area (Å²) in [6.45, 7) is 6.19. The van der Waals surface area contributed by atoms with Crippen molar-refractivity contribution in [2.24, 2.45) is 0 Å². The predicted octanol–water partition coefficient (Wildman–Crippen LogP) is 5.71. The Kier molecular flexibility index (Phi) is 7.85. The first-order chi connectivity index (χ1) is 18.5. The summed E-state index contributed by atoms with van der Waals surface area (Å²) >= 11 is 0. The van der Waals surface area contributed by atoms with E-state index in [4.69, 9.17) is 14.6 Å². The molecule has 0 saturated heterocycles. The Labute approximate surface area is 227 Å². The van der Waals surface area contributed by atoms with Gasteiger partial charge in [-0.15, -0.1) is 0 Å². The van der Waals surface area contributed by atoms with Gasteiger partial charge in [-0.3, -0.25) is 15.1 Å². The van der Waals surface area contributed by atoms with Crippen molar-refractivity contribution in [1.29, 1.82) is 0 Å². The quantitative estimate of drug-likeness (QED) is 0.318. The number of urea groups is 1. The molecule has 0 atom stereocenters. The van der Waals surface area contributed by atoms with Crippen molar-refractivity contribution in [1.82, 2.24) is 19.7 Å². The molecule has 2 N–H and O–H groups in total. The smallest absolute Gasteiger partial charge is 0.324 e. The molecule has 39 heavy (non-hydrogen) atoms. The van der Waals surface area contributed by atoms with Crippen LogP contribution in [0.15, 0.2) is 72.9 Å². The van der Waals surface area contributed by atoms with E-state index in [1.165, 1.54) is 11.1 Å². The van der Waals surface area contributed by atoms with E-state index in [1.54, 1.807) is 62.3 Å². The van der Waals surface area contributed by atoms with Gasteiger partial charge in [0, 0.05) is 43.5 Å². The van der Waals surface area contributed by atoms with Gasteiger partial charge in [0.25, 0.3) is 5.91 Å². The van der Waals surface area contributed by atoms with Gasteiger partial charge in [-0.2, -0.15) is 5.10 Å². The Balaban J connectivity index is 1.46. The summed E-state index contributed by atoms with van der Waals surface area (Å²) in [4.78, 5) is 30.6. The molecule has 0 aliphatic carbocycles. The molecule has 0 aliphatic heterocycles. The summed E-state index contributed by atoms with van der Waals surface area (Å²) in [5.74, 6) is 2.07. The summed E-state index contributed by atoms with van der Waals surface area (Å²) < 4.78 is 12.8. The number of carbonyl (C=O) groups excluding carboxylic acids is 2. The largest absolute Gasteiger partial charge is 0.497 e. The zero-order valence-corrected chi connectivity index (χ0v) is 22.9. The average Bonchev–Trinajstić information content (AvgIpc) is 3.33. The van der Waals surface area contributed by atoms with Crippen LogP contribution in [0.1, 0.15) is 37.0 Å². The fraction of sp³-hybridized carbons (Fsp3) is 0.241. The van der Waals surface area contributed by atoms with Gasteiger partial charge in [-0.05, 0) is 54.6 Å². The van der Waals surface area contributed by atoms with Gasteiger partial charge in [-0.1, -0.05) is 20.8 Å². The number of amides is 3. The molecule has 202 valence electrons. The van der Waals surface area contributed by atoms with Crippen LogP contribution in [0.5, 0.6) is 17.2 Å². The molecular formula is C29H32N6O4. The van der Waals surface area contributed by atoms with Gasteiger partial charge < -0.3 is 19.7 Å². The lowest BCUT2D eigenvalue weighted by molar-refractivity contribution is 0.0821. The molecule has 2 aromatic carbocycles. The third kappa shape index (κ3) is 6.72. The molecule has 2 aromatic heterocycles. The zero-order valence-electron chi connectivity index (χ0n) is 22.9. The molecular weight excluding hydrogens is 496 g/mol. The Morgan fingerprint density at radius 1 is 0.872 bits per heavy atom. The van der Waals surface area contributed by atoms with E-state index in [0.717, 1.165) is 17.1 Å². The van der Waals surface area contributed by atoms with Crippen LogP contribution in [0.25, 0.3) is 5.69 Å². The van der Waals surface area contributed by atoms with Gasteiger partial charge in [0.2, 0.25) is 0 Å². The average molecular weight is 529 g/mol. The van der Waals surface area contributed by atoms with Gasteiger partial charge >= 0.3 is 6.03 Å². The highest BCUT2D eigenvalue weighted by Gasteiger charge is 2.21. The van der Waals surface area contributed by atoms with Crippen molar-refractivity contribution in [2.75, 3.05) is 31.8 Å². The second kappa shape index (κ2) is 11.3. The molecule has 3 amide bonds. The lowest BCUT2D eigenvalue weighted by atomic mass is 9.92. The number of ether oxygens (including phenoxy) is 2. The maximum absolute atomic E-state index is 12.9. The van der Waals surface area contributed by atoms with Crippen LogP contribution in [-0.4, -0.2) is 52.8 Å². The first-order valence-electron chi connectivity index (χ1n) is 12.3. The molecule has 0 unspecified atom stereocenters. The number of pyridine rings is 1. The first kappa shape index (κ1) is 27.2. The third-order valence-corrected chi connectivity index (χ3v) is 5.74. The molecule has 0 aliphatic rings. The monoisotopic (exact) mass is 528 g/mol. The van der Waals surface area contributed by atoms with E-state index in [1.807, 2.05) is 30.3 Å². The maximum Gasteiger partial charge on any atom is 0.324 e. The van der Waals surface area contributed by atoms with Gasteiger partial charge in [0.1, 0.15) is 28.8 Å². The molecule has 0 bridgehead atoms. The second-order valence-electron chi connectivity index (χ2n) is 10.1. The van der Waals surface area contributed by atoms with Crippen molar-refractivity contribution >= 4 is 23.4 Å². The van der Waals surface area contributed by atoms with Crippen LogP contribution >= 0.6 is 0 Å². The topological polar surface area (TPSA) is 111 Å². The summed E-state index contributed by atoms with van der Waals surface area (Å²) in [6, 6.07) is 19.0. The zero-order chi connectivity index (χ0) is 28.2. The number of benzene rings is 2. The predicted molar refractivity (Wildman–Crippen MR) is 150 cm³/mol. The number of hydrogen-bond donors (Lipinski definition) is 2. The molecule has 4 rings (SSSR count). The van der Waals surface area contributed by atoms with E-state index in [-0.39, 0.29) is 17.0 Å². The number of nitrogens with zero attached hydrogens (tertiary/aromatic N) is 4. The number of rotatable bonds is 7. The molecule has 4 aromatic rings. The van der Waals surface area contributed by atoms with Gasteiger partial charge in [0.05, 0.1) is 18.5 Å². The standard InChI is InChI=1S/C29H32N6O4/c1-29(2,3)25-18-26(35(33-25)20-9-13-21(38-6)14-10-20)32-28(37)31-19-7-11-22(12-8-19)39-23-15-16-30-24(17-23)27(36)34(4)5/h7-18H,1-6H3,(H2,31,32,37). The molecule has 0 fully saturated rings. The summed E-state index contributed by atoms with van der Waals surface area (Å²) in [5, 5.41) is 10.5. The number of methoxy groups -OCH3 is 1. The summed E-state index contributed by atoms with van der Waals surface area (Å²) in [5.41, 5.74) is 2.27. The van der Waals surface area contributed by atoms with Crippen molar-refractivity contribution < 1.29 is 19.1 Å². The highest BCUT2D eigenvalue weighted by Crippen LogP contribution is 2.28. The molecule has 0 spiro atoms. The van der Waals surface area contributed by atoms with E-state index in [2.05, 4.69) is 36.4 Å². The molecule has 2 heterocycles. The highest BCUT2D eigenvalue weighted by molar-refractivity contribution is 5.99. The van der Waals surface area contributed by atoms with Gasteiger partial charge in [0.15, 0.2) is 0 Å². The fourth-order valence-electron chi connectivity index (χ4n) is 3.60. The van der Waals surface area contributed by atoms with Crippen molar-refractivity contribution in [2.45, 2.75) is 26.2 Å². The van der Waals surface area contributed by atoms with Gasteiger partial charge in [-0.25, -0.2) is 9.48 Å². The number of hydrogen-bond acceptors (Lipinski definition) is 6. The number of carbonyl (C=O) groups is 2. The van der Waals surface area contributed by atoms with Crippen LogP contribution in [0.4, 0.5) is 16.3 Å². The van der Waals surface area contributed by atoms with Crippen molar-refractivity contribution in [3.05, 3.63) is 84.3 Å². The van der Waals surface area contributed by atoms with E-state index < -0.39 is 6.03 Å². The van der Waals surface area contributed by atoms with E-state index >= 15 is 0 Å². The Hall–Kier alpha value is -4.86. The Bertz CT molecular complexity index is 1450. The normalized spacial score (nSPS) is 11.0. The molecule has 10 nitrogen and oxygen atoms in total. The SMILES string of the molecule is COc1ccc(-n2nc(C(C)(C)C)cc2NC(=O)Nc2ccc(Oc3ccnc(C(=O)N(C)C)c3)cc2)cc1. The molecule has 0 saturated carbocycles. The summed E-state index contributed by atoms with van der Waals surface area (Å²) in [6.07, 6.45) is 1.52. The molecule has 10 heteroatoms. The van der Waals surface area contributed by atoms with E-state index in [0.29, 0.717) is 23.0 Å². The van der Waals surface area contributed by atoms with Crippen molar-refractivity contribution in [3.63, 3.8) is 0 Å². The Morgan fingerprint density at radius 3 is 2.15 bits per heavy atom. The third-order valence-electron chi connectivity index (χ3n) is 5.74. The lowest BCUT2D eigenvalue weighted by Crippen LogP contribution is -2.22. The second-order valence-corrected chi connectivity index (χ2v) is 10.1. The highest BCUT2D eigenvalue weighted by atomic mass is 16.5. The van der Waals surface area contributed by atoms with Crippen LogP contribution < -0.4 is 20.1 Å². The lowest BCUT2D eigenvalue weighted by Gasteiger charge is -2.14. The van der Waals surface area contributed by atoms with E-state index in [9.17, 15) is 9.59 Å². The minimum atomic E-state index is -0.417. The fourth-order valence-corrected chi connectivity index (χ4v) is 3.60. The summed E-state index contributed by atoms with van der Waals surface area (Å²) in [7, 11) is 4.94. The van der Waals surface area contributed by atoms with Crippen LogP contribution in [0.3, 0.4) is 0 Å². The number of aromatic nitrogens is 3. The van der Waals surface area contributed by atoms with Crippen LogP contribution in [0, 0.1) is 0 Å².